The van der Waals surface area contributed by atoms with E-state index in [9.17, 15) is 9.59 Å². The standard InChI is InChI=1S/C15H16N2O3S2/c1-10(12-6-4-8-22-12)17-13(18)9-20-15(19)11-5-3-7-16-14(11)21-2/h3-8,10H,9H2,1-2H3,(H,17,18)/t10-/m0/s1. The van der Waals surface area contributed by atoms with Crippen LogP contribution in [0.4, 0.5) is 0 Å². The zero-order valence-corrected chi connectivity index (χ0v) is 13.9. The molecule has 2 aromatic heterocycles. The van der Waals surface area contributed by atoms with Gasteiger partial charge in [0.25, 0.3) is 5.91 Å². The number of aromatic nitrogens is 1. The molecule has 1 amide bonds. The Morgan fingerprint density at radius 3 is 2.91 bits per heavy atom. The first kappa shape index (κ1) is 16.5. The lowest BCUT2D eigenvalue weighted by Gasteiger charge is -2.12. The fraction of sp³-hybridized carbons (Fsp3) is 0.267. The molecular weight excluding hydrogens is 320 g/mol. The van der Waals surface area contributed by atoms with Gasteiger partial charge in [-0.05, 0) is 36.8 Å². The SMILES string of the molecule is CSc1ncccc1C(=O)OCC(=O)N[C@@H](C)c1cccs1. The van der Waals surface area contributed by atoms with Crippen LogP contribution in [0.1, 0.15) is 28.2 Å². The van der Waals surface area contributed by atoms with Crippen LogP contribution in [-0.2, 0) is 9.53 Å². The lowest BCUT2D eigenvalue weighted by atomic mass is 10.3. The first-order valence-electron chi connectivity index (χ1n) is 6.60. The maximum absolute atomic E-state index is 12.0. The minimum absolute atomic E-state index is 0.105. The third kappa shape index (κ3) is 4.32. The second-order valence-corrected chi connectivity index (χ2v) is 6.22. The van der Waals surface area contributed by atoms with Gasteiger partial charge in [0.05, 0.1) is 11.6 Å². The van der Waals surface area contributed by atoms with Crippen molar-refractivity contribution in [2.45, 2.75) is 18.0 Å². The van der Waals surface area contributed by atoms with Gasteiger partial charge in [0.2, 0.25) is 0 Å². The van der Waals surface area contributed by atoms with E-state index in [0.29, 0.717) is 10.6 Å². The molecule has 5 nitrogen and oxygen atoms in total. The number of thiophene rings is 1. The van der Waals surface area contributed by atoms with E-state index in [4.69, 9.17) is 4.74 Å². The Kier molecular flexibility index (Phi) is 5.97. The highest BCUT2D eigenvalue weighted by molar-refractivity contribution is 7.98. The Bertz CT molecular complexity index is 644. The van der Waals surface area contributed by atoms with Crippen molar-refractivity contribution in [2.75, 3.05) is 12.9 Å². The van der Waals surface area contributed by atoms with Crippen molar-refractivity contribution in [1.29, 1.82) is 0 Å². The number of amides is 1. The summed E-state index contributed by atoms with van der Waals surface area (Å²) in [6.07, 6.45) is 3.44. The summed E-state index contributed by atoms with van der Waals surface area (Å²) in [6.45, 7) is 1.58. The number of rotatable bonds is 6. The molecule has 0 bridgehead atoms. The molecule has 0 radical (unpaired) electrons. The molecule has 1 N–H and O–H groups in total. The van der Waals surface area contributed by atoms with E-state index in [2.05, 4.69) is 10.3 Å². The summed E-state index contributed by atoms with van der Waals surface area (Å²) >= 11 is 2.92. The number of carbonyl (C=O) groups is 2. The average molecular weight is 336 g/mol. The number of esters is 1. The summed E-state index contributed by atoms with van der Waals surface area (Å²) in [5.41, 5.74) is 0.370. The fourth-order valence-electron chi connectivity index (χ4n) is 1.81. The Hall–Kier alpha value is -1.86. The highest BCUT2D eigenvalue weighted by Gasteiger charge is 2.16. The molecule has 2 heterocycles. The van der Waals surface area contributed by atoms with E-state index in [1.54, 1.807) is 29.7 Å². The number of hydrogen-bond donors (Lipinski definition) is 1. The summed E-state index contributed by atoms with van der Waals surface area (Å²) in [4.78, 5) is 29.0. The molecular formula is C15H16N2O3S2. The second kappa shape index (κ2) is 7.95. The zero-order chi connectivity index (χ0) is 15.9. The van der Waals surface area contributed by atoms with Crippen molar-refractivity contribution < 1.29 is 14.3 Å². The molecule has 116 valence electrons. The minimum atomic E-state index is -0.545. The first-order valence-corrected chi connectivity index (χ1v) is 8.71. The Balaban J connectivity index is 1.87. The molecule has 0 aliphatic rings. The molecule has 0 aliphatic carbocycles. The van der Waals surface area contributed by atoms with Crippen LogP contribution in [0.15, 0.2) is 40.9 Å². The number of nitrogens with zero attached hydrogens (tertiary/aromatic N) is 1. The van der Waals surface area contributed by atoms with Crippen molar-refractivity contribution >= 4 is 35.0 Å². The lowest BCUT2D eigenvalue weighted by molar-refractivity contribution is -0.124. The van der Waals surface area contributed by atoms with E-state index in [1.165, 1.54) is 11.8 Å². The van der Waals surface area contributed by atoms with Crippen LogP contribution >= 0.6 is 23.1 Å². The lowest BCUT2D eigenvalue weighted by Crippen LogP contribution is -2.30. The summed E-state index contributed by atoms with van der Waals surface area (Å²) in [5.74, 6) is -0.875. The third-order valence-electron chi connectivity index (χ3n) is 2.87. The molecule has 1 atom stereocenters. The molecule has 2 aromatic rings. The molecule has 0 saturated heterocycles. The topological polar surface area (TPSA) is 68.3 Å². The van der Waals surface area contributed by atoms with Gasteiger partial charge in [0.15, 0.2) is 6.61 Å². The molecule has 0 aromatic carbocycles. The molecule has 0 saturated carbocycles. The van der Waals surface area contributed by atoms with Gasteiger partial charge in [-0.2, -0.15) is 0 Å². The monoisotopic (exact) mass is 336 g/mol. The summed E-state index contributed by atoms with van der Waals surface area (Å²) < 4.78 is 5.05. The summed E-state index contributed by atoms with van der Waals surface area (Å²) in [6, 6.07) is 7.06. The van der Waals surface area contributed by atoms with Crippen molar-refractivity contribution in [3.8, 4) is 0 Å². The van der Waals surface area contributed by atoms with Crippen LogP contribution in [0.5, 0.6) is 0 Å². The third-order valence-corrected chi connectivity index (χ3v) is 4.63. The normalized spacial score (nSPS) is 11.7. The number of nitrogens with one attached hydrogen (secondary N) is 1. The highest BCUT2D eigenvalue weighted by Crippen LogP contribution is 2.19. The van der Waals surface area contributed by atoms with Gasteiger partial charge in [-0.3, -0.25) is 4.79 Å². The van der Waals surface area contributed by atoms with Gasteiger partial charge in [-0.15, -0.1) is 23.1 Å². The highest BCUT2D eigenvalue weighted by atomic mass is 32.2. The van der Waals surface area contributed by atoms with E-state index in [0.717, 1.165) is 4.88 Å². The van der Waals surface area contributed by atoms with Gasteiger partial charge >= 0.3 is 5.97 Å². The van der Waals surface area contributed by atoms with E-state index in [1.807, 2.05) is 30.7 Å². The number of pyridine rings is 1. The van der Waals surface area contributed by atoms with Crippen LogP contribution in [-0.4, -0.2) is 29.7 Å². The van der Waals surface area contributed by atoms with E-state index >= 15 is 0 Å². The molecule has 0 unspecified atom stereocenters. The summed E-state index contributed by atoms with van der Waals surface area (Å²) in [5, 5.41) is 5.32. The second-order valence-electron chi connectivity index (χ2n) is 4.44. The van der Waals surface area contributed by atoms with Gasteiger partial charge in [0.1, 0.15) is 5.03 Å². The van der Waals surface area contributed by atoms with Gasteiger partial charge in [-0.1, -0.05) is 6.07 Å². The van der Waals surface area contributed by atoms with Crippen LogP contribution in [0.25, 0.3) is 0 Å². The van der Waals surface area contributed by atoms with Crippen LogP contribution in [0.2, 0.25) is 0 Å². The van der Waals surface area contributed by atoms with Crippen LogP contribution in [0, 0.1) is 0 Å². The quantitative estimate of drug-likeness (QED) is 0.649. The van der Waals surface area contributed by atoms with Crippen LogP contribution < -0.4 is 5.32 Å². The van der Waals surface area contributed by atoms with Crippen molar-refractivity contribution in [3.05, 3.63) is 46.3 Å². The van der Waals surface area contributed by atoms with Gasteiger partial charge < -0.3 is 10.1 Å². The Morgan fingerprint density at radius 1 is 1.41 bits per heavy atom. The van der Waals surface area contributed by atoms with E-state index in [-0.39, 0.29) is 18.6 Å². The van der Waals surface area contributed by atoms with Crippen molar-refractivity contribution in [3.63, 3.8) is 0 Å². The maximum Gasteiger partial charge on any atom is 0.341 e. The van der Waals surface area contributed by atoms with E-state index < -0.39 is 5.97 Å². The maximum atomic E-state index is 12.0. The molecule has 0 aliphatic heterocycles. The zero-order valence-electron chi connectivity index (χ0n) is 12.2. The smallest absolute Gasteiger partial charge is 0.341 e. The fourth-order valence-corrected chi connectivity index (χ4v) is 3.08. The number of thioether (sulfide) groups is 1. The number of hydrogen-bond acceptors (Lipinski definition) is 6. The molecule has 22 heavy (non-hydrogen) atoms. The minimum Gasteiger partial charge on any atom is -0.452 e. The largest absolute Gasteiger partial charge is 0.452 e. The molecule has 0 spiro atoms. The Morgan fingerprint density at radius 2 is 2.23 bits per heavy atom. The number of carbonyl (C=O) groups excluding carboxylic acids is 2. The summed E-state index contributed by atoms with van der Waals surface area (Å²) in [7, 11) is 0. The molecule has 2 rings (SSSR count). The van der Waals surface area contributed by atoms with Gasteiger partial charge in [0, 0.05) is 11.1 Å². The van der Waals surface area contributed by atoms with Crippen LogP contribution in [0.3, 0.4) is 0 Å². The van der Waals surface area contributed by atoms with Crippen molar-refractivity contribution in [1.82, 2.24) is 10.3 Å². The molecule has 7 heteroatoms. The number of ether oxygens (including phenoxy) is 1. The first-order chi connectivity index (χ1) is 10.6. The Labute approximate surface area is 137 Å². The molecule has 0 fully saturated rings. The predicted octanol–water partition coefficient (Wildman–Crippen LogP) is 2.90. The van der Waals surface area contributed by atoms with Gasteiger partial charge in [-0.25, -0.2) is 9.78 Å². The predicted molar refractivity (Wildman–Crippen MR) is 87.2 cm³/mol. The van der Waals surface area contributed by atoms with Crippen molar-refractivity contribution in [2.24, 2.45) is 0 Å². The average Bonchev–Trinajstić information content (AvgIpc) is 3.07.